The van der Waals surface area contributed by atoms with Gasteiger partial charge in [-0.1, -0.05) is 42.5 Å². The fraction of sp³-hybridized carbons (Fsp3) is 0.143. The highest BCUT2D eigenvalue weighted by Crippen LogP contribution is 2.21. The number of carbonyl (C=O) groups is 1. The standard InChI is InChI=1S/C21H19N5OS/c1-14-20(25-26(24-14)18-6-4-3-5-7-18)21(27)22-12-16-8-10-17(11-9-16)19-13-28-15(2)23-19/h3-11,13H,12H2,1-2H3,(H,22,27). The topological polar surface area (TPSA) is 72.7 Å². The summed E-state index contributed by atoms with van der Waals surface area (Å²) in [5.41, 5.74) is 4.80. The van der Waals surface area contributed by atoms with Gasteiger partial charge in [0.25, 0.3) is 5.91 Å². The van der Waals surface area contributed by atoms with Gasteiger partial charge in [-0.15, -0.1) is 16.4 Å². The first-order valence-electron chi connectivity index (χ1n) is 8.89. The first-order valence-corrected chi connectivity index (χ1v) is 9.77. The summed E-state index contributed by atoms with van der Waals surface area (Å²) < 4.78 is 0. The summed E-state index contributed by atoms with van der Waals surface area (Å²) in [6, 6.07) is 17.6. The Labute approximate surface area is 166 Å². The molecule has 0 saturated heterocycles. The van der Waals surface area contributed by atoms with Crippen molar-refractivity contribution in [2.75, 3.05) is 0 Å². The maximum atomic E-state index is 12.5. The molecule has 0 atom stereocenters. The van der Waals surface area contributed by atoms with Crippen molar-refractivity contribution in [2.45, 2.75) is 20.4 Å². The third kappa shape index (κ3) is 3.84. The van der Waals surface area contributed by atoms with Crippen LogP contribution in [-0.4, -0.2) is 25.9 Å². The normalized spacial score (nSPS) is 10.8. The van der Waals surface area contributed by atoms with Crippen LogP contribution >= 0.6 is 11.3 Å². The molecule has 2 aromatic carbocycles. The number of rotatable bonds is 5. The highest BCUT2D eigenvalue weighted by molar-refractivity contribution is 7.09. The summed E-state index contributed by atoms with van der Waals surface area (Å²) in [6.45, 7) is 4.20. The van der Waals surface area contributed by atoms with Crippen molar-refractivity contribution in [3.05, 3.63) is 81.9 Å². The van der Waals surface area contributed by atoms with Gasteiger partial charge in [0.05, 0.1) is 22.1 Å². The van der Waals surface area contributed by atoms with E-state index in [0.29, 0.717) is 17.9 Å². The maximum Gasteiger partial charge on any atom is 0.274 e. The van der Waals surface area contributed by atoms with Crippen molar-refractivity contribution in [1.29, 1.82) is 0 Å². The minimum Gasteiger partial charge on any atom is -0.347 e. The zero-order valence-corrected chi connectivity index (χ0v) is 16.4. The van der Waals surface area contributed by atoms with E-state index in [1.165, 1.54) is 4.80 Å². The summed E-state index contributed by atoms with van der Waals surface area (Å²) in [6.07, 6.45) is 0. The van der Waals surface area contributed by atoms with E-state index in [-0.39, 0.29) is 5.91 Å². The molecule has 0 aliphatic rings. The lowest BCUT2D eigenvalue weighted by Gasteiger charge is -2.05. The molecule has 1 amide bonds. The highest BCUT2D eigenvalue weighted by atomic mass is 32.1. The van der Waals surface area contributed by atoms with Crippen molar-refractivity contribution >= 4 is 17.2 Å². The van der Waals surface area contributed by atoms with Crippen LogP contribution in [0, 0.1) is 13.8 Å². The Balaban J connectivity index is 1.42. The zero-order valence-electron chi connectivity index (χ0n) is 15.6. The quantitative estimate of drug-likeness (QED) is 0.561. The van der Waals surface area contributed by atoms with Crippen molar-refractivity contribution in [2.24, 2.45) is 0 Å². The molecule has 140 valence electrons. The molecule has 4 rings (SSSR count). The molecule has 0 spiro atoms. The Morgan fingerprint density at radius 2 is 1.79 bits per heavy atom. The van der Waals surface area contributed by atoms with Crippen LogP contribution in [0.5, 0.6) is 0 Å². The Hall–Kier alpha value is -3.32. The molecule has 0 aliphatic carbocycles. The molecule has 28 heavy (non-hydrogen) atoms. The van der Waals surface area contributed by atoms with E-state index in [4.69, 9.17) is 0 Å². The molecule has 1 N–H and O–H groups in total. The van der Waals surface area contributed by atoms with Crippen LogP contribution in [0.3, 0.4) is 0 Å². The summed E-state index contributed by atoms with van der Waals surface area (Å²) in [5.74, 6) is -0.237. The molecule has 2 heterocycles. The van der Waals surface area contributed by atoms with E-state index in [1.807, 2.05) is 66.9 Å². The molecule has 0 bridgehead atoms. The molecular formula is C21H19N5OS. The Kier molecular flexibility index (Phi) is 4.99. The van der Waals surface area contributed by atoms with Gasteiger partial charge in [0.15, 0.2) is 5.69 Å². The van der Waals surface area contributed by atoms with Crippen LogP contribution in [0.2, 0.25) is 0 Å². The van der Waals surface area contributed by atoms with E-state index in [0.717, 1.165) is 27.5 Å². The summed E-state index contributed by atoms with van der Waals surface area (Å²) >= 11 is 1.63. The van der Waals surface area contributed by atoms with Crippen LogP contribution in [0.25, 0.3) is 16.9 Å². The zero-order chi connectivity index (χ0) is 19.5. The average molecular weight is 389 g/mol. The van der Waals surface area contributed by atoms with Crippen molar-refractivity contribution in [3.63, 3.8) is 0 Å². The second-order valence-electron chi connectivity index (χ2n) is 6.39. The Bertz CT molecular complexity index is 1100. The smallest absolute Gasteiger partial charge is 0.274 e. The first-order chi connectivity index (χ1) is 13.6. The van der Waals surface area contributed by atoms with Gasteiger partial charge < -0.3 is 5.32 Å². The van der Waals surface area contributed by atoms with Crippen molar-refractivity contribution < 1.29 is 4.79 Å². The van der Waals surface area contributed by atoms with Gasteiger partial charge >= 0.3 is 0 Å². The largest absolute Gasteiger partial charge is 0.347 e. The highest BCUT2D eigenvalue weighted by Gasteiger charge is 2.16. The predicted octanol–water partition coefficient (Wildman–Crippen LogP) is 3.94. The van der Waals surface area contributed by atoms with E-state index < -0.39 is 0 Å². The molecule has 0 aliphatic heterocycles. The molecule has 0 fully saturated rings. The van der Waals surface area contributed by atoms with E-state index in [2.05, 4.69) is 20.5 Å². The number of nitrogens with one attached hydrogen (secondary N) is 1. The molecule has 6 nitrogen and oxygen atoms in total. The number of benzene rings is 2. The van der Waals surface area contributed by atoms with Crippen LogP contribution < -0.4 is 5.32 Å². The maximum absolute atomic E-state index is 12.5. The van der Waals surface area contributed by atoms with E-state index in [9.17, 15) is 4.79 Å². The summed E-state index contributed by atoms with van der Waals surface area (Å²) in [5, 5.41) is 14.7. The predicted molar refractivity (Wildman–Crippen MR) is 110 cm³/mol. The molecule has 4 aromatic rings. The second kappa shape index (κ2) is 7.74. The van der Waals surface area contributed by atoms with Gasteiger partial charge in [-0.2, -0.15) is 9.90 Å². The molecule has 7 heteroatoms. The number of aryl methyl sites for hydroxylation is 2. The minimum atomic E-state index is -0.237. The second-order valence-corrected chi connectivity index (χ2v) is 7.45. The molecular weight excluding hydrogens is 370 g/mol. The molecule has 0 radical (unpaired) electrons. The first kappa shape index (κ1) is 18.1. The minimum absolute atomic E-state index is 0.237. The summed E-state index contributed by atoms with van der Waals surface area (Å²) in [4.78, 5) is 18.5. The van der Waals surface area contributed by atoms with Gasteiger partial charge in [-0.05, 0) is 31.5 Å². The number of aromatic nitrogens is 4. The third-order valence-corrected chi connectivity index (χ3v) is 5.08. The van der Waals surface area contributed by atoms with Gasteiger partial charge in [-0.25, -0.2) is 4.98 Å². The number of hydrogen-bond donors (Lipinski definition) is 1. The summed E-state index contributed by atoms with van der Waals surface area (Å²) in [7, 11) is 0. The fourth-order valence-corrected chi connectivity index (χ4v) is 3.44. The van der Waals surface area contributed by atoms with Crippen molar-refractivity contribution in [3.8, 4) is 16.9 Å². The molecule has 2 aromatic heterocycles. The fourth-order valence-electron chi connectivity index (χ4n) is 2.82. The lowest BCUT2D eigenvalue weighted by Crippen LogP contribution is -2.24. The van der Waals surface area contributed by atoms with Crippen LogP contribution in [0.4, 0.5) is 0 Å². The van der Waals surface area contributed by atoms with E-state index in [1.54, 1.807) is 18.3 Å². The molecule has 0 unspecified atom stereocenters. The average Bonchev–Trinajstić information content (AvgIpc) is 3.33. The lowest BCUT2D eigenvalue weighted by molar-refractivity contribution is 0.0945. The lowest BCUT2D eigenvalue weighted by atomic mass is 10.1. The van der Waals surface area contributed by atoms with Gasteiger partial charge in [0, 0.05) is 17.5 Å². The van der Waals surface area contributed by atoms with Crippen LogP contribution in [-0.2, 0) is 6.54 Å². The van der Waals surface area contributed by atoms with E-state index >= 15 is 0 Å². The van der Waals surface area contributed by atoms with Gasteiger partial charge in [0.2, 0.25) is 0 Å². The SMILES string of the molecule is Cc1nc(-c2ccc(CNC(=O)c3nn(-c4ccccc4)nc3C)cc2)cs1. The Morgan fingerprint density at radius 3 is 2.46 bits per heavy atom. The van der Waals surface area contributed by atoms with Gasteiger partial charge in [0.1, 0.15) is 0 Å². The number of carbonyl (C=O) groups excluding carboxylic acids is 1. The van der Waals surface area contributed by atoms with Gasteiger partial charge in [-0.3, -0.25) is 4.79 Å². The number of para-hydroxylation sites is 1. The third-order valence-electron chi connectivity index (χ3n) is 4.31. The number of thiazole rings is 1. The Morgan fingerprint density at radius 1 is 1.04 bits per heavy atom. The monoisotopic (exact) mass is 389 g/mol. The molecule has 0 saturated carbocycles. The van der Waals surface area contributed by atoms with Crippen LogP contribution in [0.1, 0.15) is 26.8 Å². The van der Waals surface area contributed by atoms with Crippen LogP contribution in [0.15, 0.2) is 60.0 Å². The van der Waals surface area contributed by atoms with Crippen molar-refractivity contribution in [1.82, 2.24) is 25.3 Å². The number of nitrogens with zero attached hydrogens (tertiary/aromatic N) is 4. The number of amides is 1. The number of hydrogen-bond acceptors (Lipinski definition) is 5.